The van der Waals surface area contributed by atoms with Crippen LogP contribution < -0.4 is 56.8 Å². The van der Waals surface area contributed by atoms with E-state index in [2.05, 4.69) is 5.10 Å². The summed E-state index contributed by atoms with van der Waals surface area (Å²) in [6.07, 6.45) is 2.66. The van der Waals surface area contributed by atoms with E-state index in [1.165, 1.54) is 4.68 Å². The number of ether oxygens (including phenoxy) is 1. The summed E-state index contributed by atoms with van der Waals surface area (Å²) in [5.41, 5.74) is -0.642. The molecule has 1 aliphatic heterocycles. The van der Waals surface area contributed by atoms with Crippen molar-refractivity contribution >= 4 is 12.4 Å². The van der Waals surface area contributed by atoms with Crippen molar-refractivity contribution in [3.05, 3.63) is 12.4 Å². The molecule has 1 aromatic heterocycles. The van der Waals surface area contributed by atoms with Gasteiger partial charge in [0.25, 0.3) is 0 Å². The fraction of sp³-hybridized carbons (Fsp3) is 0.571. The van der Waals surface area contributed by atoms with Crippen LogP contribution in [0.4, 0.5) is 12.9 Å². The maximum atomic E-state index is 12.3. The number of nitrogens with zero attached hydrogens (tertiary/aromatic N) is 2. The molecular formula is C7H9BF3KN2O. The molecule has 1 aliphatic rings. The molecular weight excluding hydrogens is 235 g/mol. The van der Waals surface area contributed by atoms with Gasteiger partial charge in [-0.25, -0.2) is 0 Å². The van der Waals surface area contributed by atoms with Crippen LogP contribution in [0.5, 0.6) is 0 Å². The van der Waals surface area contributed by atoms with Gasteiger partial charge in [-0.05, 0) is 12.6 Å². The third-order valence-electron chi connectivity index (χ3n) is 2.28. The SMILES string of the molecule is F[B-](F)(F)c1cnn([C@@H]2CCOC2)c1.[K+]. The smallest absolute Gasteiger partial charge is 0.445 e. The van der Waals surface area contributed by atoms with Gasteiger partial charge in [-0.2, -0.15) is 5.10 Å². The zero-order chi connectivity index (χ0) is 10.2. The number of aromatic nitrogens is 2. The molecule has 0 amide bonds. The van der Waals surface area contributed by atoms with Crippen molar-refractivity contribution in [2.75, 3.05) is 13.2 Å². The van der Waals surface area contributed by atoms with Crippen molar-refractivity contribution in [1.82, 2.24) is 9.78 Å². The van der Waals surface area contributed by atoms with Crippen LogP contribution in [0.2, 0.25) is 0 Å². The topological polar surface area (TPSA) is 27.1 Å². The summed E-state index contributed by atoms with van der Waals surface area (Å²) in [6, 6.07) is -0.0399. The molecule has 0 aromatic carbocycles. The molecule has 0 radical (unpaired) electrons. The summed E-state index contributed by atoms with van der Waals surface area (Å²) in [5, 5.41) is 3.70. The Balaban J connectivity index is 0.00000112. The van der Waals surface area contributed by atoms with Gasteiger partial charge in [0.15, 0.2) is 0 Å². The van der Waals surface area contributed by atoms with E-state index in [4.69, 9.17) is 4.74 Å². The molecule has 1 saturated heterocycles. The quantitative estimate of drug-likeness (QED) is 0.557. The van der Waals surface area contributed by atoms with E-state index in [0.29, 0.717) is 13.2 Å². The molecule has 0 bridgehead atoms. The van der Waals surface area contributed by atoms with Crippen LogP contribution >= 0.6 is 0 Å². The fourth-order valence-electron chi connectivity index (χ4n) is 1.45. The Morgan fingerprint density at radius 2 is 2.20 bits per heavy atom. The Labute approximate surface area is 128 Å². The van der Waals surface area contributed by atoms with Crippen LogP contribution in [0.25, 0.3) is 0 Å². The fourth-order valence-corrected chi connectivity index (χ4v) is 1.45. The van der Waals surface area contributed by atoms with Crippen molar-refractivity contribution in [3.63, 3.8) is 0 Å². The van der Waals surface area contributed by atoms with E-state index >= 15 is 0 Å². The van der Waals surface area contributed by atoms with Gasteiger partial charge < -0.3 is 17.7 Å². The van der Waals surface area contributed by atoms with E-state index in [-0.39, 0.29) is 57.4 Å². The average Bonchev–Trinajstić information content (AvgIpc) is 2.73. The van der Waals surface area contributed by atoms with Gasteiger partial charge in [0, 0.05) is 12.8 Å². The van der Waals surface area contributed by atoms with Crippen LogP contribution in [0.3, 0.4) is 0 Å². The molecule has 1 fully saturated rings. The minimum Gasteiger partial charge on any atom is -0.445 e. The second kappa shape index (κ2) is 5.33. The van der Waals surface area contributed by atoms with Crippen molar-refractivity contribution in [1.29, 1.82) is 0 Å². The summed E-state index contributed by atoms with van der Waals surface area (Å²) in [5.74, 6) is 0. The normalized spacial score (nSPS) is 21.4. The maximum absolute atomic E-state index is 12.3. The zero-order valence-corrected chi connectivity index (χ0v) is 11.5. The summed E-state index contributed by atoms with van der Waals surface area (Å²) in [7, 11) is 0. The van der Waals surface area contributed by atoms with E-state index in [9.17, 15) is 12.9 Å². The van der Waals surface area contributed by atoms with Gasteiger partial charge in [0.2, 0.25) is 0 Å². The van der Waals surface area contributed by atoms with Gasteiger partial charge in [0.05, 0.1) is 12.6 Å². The van der Waals surface area contributed by atoms with Crippen molar-refractivity contribution in [2.24, 2.45) is 0 Å². The first kappa shape index (κ1) is 13.7. The first-order valence-electron chi connectivity index (χ1n) is 4.39. The van der Waals surface area contributed by atoms with Gasteiger partial charge >= 0.3 is 58.4 Å². The molecule has 0 aliphatic carbocycles. The van der Waals surface area contributed by atoms with Gasteiger partial charge in [-0.3, -0.25) is 4.68 Å². The molecule has 1 atom stereocenters. The second-order valence-corrected chi connectivity index (χ2v) is 3.35. The monoisotopic (exact) mass is 244 g/mol. The predicted octanol–water partition coefficient (Wildman–Crippen LogP) is -2.10. The van der Waals surface area contributed by atoms with E-state index in [1.807, 2.05) is 0 Å². The molecule has 78 valence electrons. The van der Waals surface area contributed by atoms with Gasteiger partial charge in [-0.1, -0.05) is 5.46 Å². The molecule has 8 heteroatoms. The minimum atomic E-state index is -4.93. The Kier molecular flexibility index (Phi) is 4.88. The summed E-state index contributed by atoms with van der Waals surface area (Å²) >= 11 is 0. The van der Waals surface area contributed by atoms with Crippen LogP contribution in [0.15, 0.2) is 12.4 Å². The zero-order valence-electron chi connectivity index (χ0n) is 8.37. The Morgan fingerprint density at radius 1 is 1.47 bits per heavy atom. The van der Waals surface area contributed by atoms with Crippen molar-refractivity contribution in [3.8, 4) is 0 Å². The van der Waals surface area contributed by atoms with Crippen molar-refractivity contribution < 1.29 is 69.1 Å². The molecule has 2 rings (SSSR count). The van der Waals surface area contributed by atoms with Crippen LogP contribution in [0.1, 0.15) is 12.5 Å². The maximum Gasteiger partial charge on any atom is 1.00 e. The molecule has 1 aromatic rings. The first-order chi connectivity index (χ1) is 6.57. The number of hydrogen-bond donors (Lipinski definition) is 0. The summed E-state index contributed by atoms with van der Waals surface area (Å²) in [6.45, 7) is -3.88. The standard InChI is InChI=1S/C7H9BF3N2O.K/c9-8(10,11)6-3-12-13(4-6)7-1-2-14-5-7;/h3-4,7H,1-2,5H2;/q-1;+1/t7-;/m1./s1. The number of halogens is 3. The van der Waals surface area contributed by atoms with Crippen LogP contribution in [0, 0.1) is 0 Å². The average molecular weight is 244 g/mol. The predicted molar refractivity (Wildman–Crippen MR) is 45.4 cm³/mol. The Hall–Kier alpha value is 0.661. The largest absolute Gasteiger partial charge is 1.00 e. The molecule has 0 N–H and O–H groups in total. The van der Waals surface area contributed by atoms with E-state index in [1.54, 1.807) is 0 Å². The van der Waals surface area contributed by atoms with E-state index < -0.39 is 12.4 Å². The molecule has 0 spiro atoms. The van der Waals surface area contributed by atoms with Gasteiger partial charge in [0.1, 0.15) is 0 Å². The van der Waals surface area contributed by atoms with Gasteiger partial charge in [-0.15, -0.1) is 0 Å². The van der Waals surface area contributed by atoms with Crippen LogP contribution in [-0.2, 0) is 4.74 Å². The second-order valence-electron chi connectivity index (χ2n) is 3.35. The molecule has 2 heterocycles. The Morgan fingerprint density at radius 3 is 2.67 bits per heavy atom. The number of rotatable bonds is 2. The van der Waals surface area contributed by atoms with E-state index in [0.717, 1.165) is 18.8 Å². The van der Waals surface area contributed by atoms with Crippen LogP contribution in [-0.4, -0.2) is 30.0 Å². The summed E-state index contributed by atoms with van der Waals surface area (Å²) < 4.78 is 43.2. The summed E-state index contributed by atoms with van der Waals surface area (Å²) in [4.78, 5) is 0. The minimum absolute atomic E-state index is 0. The molecule has 15 heavy (non-hydrogen) atoms. The molecule has 0 unspecified atom stereocenters. The molecule has 3 nitrogen and oxygen atoms in total. The number of hydrogen-bond acceptors (Lipinski definition) is 2. The first-order valence-corrected chi connectivity index (χ1v) is 4.39. The molecule has 0 saturated carbocycles. The Bertz CT molecular complexity index is 324. The third-order valence-corrected chi connectivity index (χ3v) is 2.28. The van der Waals surface area contributed by atoms with Crippen molar-refractivity contribution in [2.45, 2.75) is 12.5 Å². The third kappa shape index (κ3) is 3.31.